The maximum atomic E-state index is 10.2. The third-order valence-electron chi connectivity index (χ3n) is 6.68. The van der Waals surface area contributed by atoms with E-state index in [0.717, 1.165) is 44.7 Å². The number of aryl methyl sites for hydroxylation is 1. The van der Waals surface area contributed by atoms with Crippen molar-refractivity contribution in [3.63, 3.8) is 0 Å². The molecule has 0 atom stereocenters. The highest BCUT2D eigenvalue weighted by molar-refractivity contribution is 6.38. The molecule has 0 saturated heterocycles. The molecule has 170 valence electrons. The van der Waals surface area contributed by atoms with E-state index in [0.29, 0.717) is 23.5 Å². The highest BCUT2D eigenvalue weighted by atomic mass is 35.5. The molecule has 1 aliphatic rings. The van der Waals surface area contributed by atoms with Crippen LogP contribution in [-0.2, 0) is 5.54 Å². The number of fused-ring (bicyclic) bond motifs is 3. The van der Waals surface area contributed by atoms with Gasteiger partial charge in [-0.05, 0) is 37.8 Å². The van der Waals surface area contributed by atoms with E-state index >= 15 is 0 Å². The van der Waals surface area contributed by atoms with Crippen LogP contribution in [0.2, 0.25) is 5.02 Å². The predicted octanol–water partition coefficient (Wildman–Crippen LogP) is 5.27. The smallest absolute Gasteiger partial charge is 0.166 e. The summed E-state index contributed by atoms with van der Waals surface area (Å²) >= 11 is 7.04. The molecule has 7 heteroatoms. The van der Waals surface area contributed by atoms with Gasteiger partial charge >= 0.3 is 0 Å². The second kappa shape index (κ2) is 7.34. The largest absolute Gasteiger partial charge is 0.390 e. The second-order valence-electron chi connectivity index (χ2n) is 9.65. The number of aliphatic hydroxyl groups is 1. The molecule has 34 heavy (non-hydrogen) atoms. The summed E-state index contributed by atoms with van der Waals surface area (Å²) in [6.45, 7) is 3.76. The molecule has 0 bridgehead atoms. The van der Waals surface area contributed by atoms with Crippen LogP contribution in [0, 0.1) is 6.92 Å². The Bertz CT molecular complexity index is 1550. The van der Waals surface area contributed by atoms with Crippen LogP contribution in [0.5, 0.6) is 0 Å². The van der Waals surface area contributed by atoms with Gasteiger partial charge in [0.2, 0.25) is 0 Å². The standard InChI is InChI=1S/C27H24ClN5O/c1-16-12-21-30-13-20-23(28)22(17-6-4-3-5-7-17)24(31-25(20)33(21)32-16)18-8-10-19(11-9-18)27(29)14-26(2,34)15-27/h3-13,34H,14-15,29H2,1-2H3/t26-,27-. The Labute approximate surface area is 202 Å². The summed E-state index contributed by atoms with van der Waals surface area (Å²) in [5.74, 6) is 0. The van der Waals surface area contributed by atoms with Crippen molar-refractivity contribution in [3.8, 4) is 22.4 Å². The predicted molar refractivity (Wildman–Crippen MR) is 135 cm³/mol. The van der Waals surface area contributed by atoms with Crippen LogP contribution < -0.4 is 5.73 Å². The Morgan fingerprint density at radius 3 is 2.41 bits per heavy atom. The van der Waals surface area contributed by atoms with Crippen LogP contribution in [0.25, 0.3) is 39.1 Å². The van der Waals surface area contributed by atoms with Crippen molar-refractivity contribution in [1.82, 2.24) is 19.6 Å². The molecule has 3 aromatic heterocycles. The van der Waals surface area contributed by atoms with Gasteiger partial charge in [0.05, 0.1) is 27.4 Å². The first-order chi connectivity index (χ1) is 16.2. The van der Waals surface area contributed by atoms with Gasteiger partial charge < -0.3 is 10.8 Å². The van der Waals surface area contributed by atoms with E-state index in [9.17, 15) is 5.11 Å². The van der Waals surface area contributed by atoms with Crippen molar-refractivity contribution in [2.75, 3.05) is 0 Å². The van der Waals surface area contributed by atoms with E-state index in [2.05, 4.69) is 10.1 Å². The van der Waals surface area contributed by atoms with E-state index in [1.54, 1.807) is 10.7 Å². The van der Waals surface area contributed by atoms with E-state index < -0.39 is 11.1 Å². The van der Waals surface area contributed by atoms with Gasteiger partial charge in [-0.15, -0.1) is 0 Å². The molecular weight excluding hydrogens is 446 g/mol. The van der Waals surface area contributed by atoms with E-state index in [1.807, 2.05) is 74.5 Å². The second-order valence-corrected chi connectivity index (χ2v) is 10.0. The molecule has 1 saturated carbocycles. The molecule has 0 aliphatic heterocycles. The van der Waals surface area contributed by atoms with Crippen LogP contribution in [0.4, 0.5) is 0 Å². The monoisotopic (exact) mass is 469 g/mol. The maximum Gasteiger partial charge on any atom is 0.166 e. The fourth-order valence-electron chi connectivity index (χ4n) is 5.25. The molecule has 6 nitrogen and oxygen atoms in total. The molecule has 2 aromatic carbocycles. The van der Waals surface area contributed by atoms with Crippen molar-refractivity contribution < 1.29 is 5.11 Å². The minimum absolute atomic E-state index is 0.511. The summed E-state index contributed by atoms with van der Waals surface area (Å²) in [4.78, 5) is 9.61. The average molecular weight is 470 g/mol. The summed E-state index contributed by atoms with van der Waals surface area (Å²) in [7, 11) is 0. The van der Waals surface area contributed by atoms with Crippen LogP contribution in [-0.4, -0.2) is 30.3 Å². The summed E-state index contributed by atoms with van der Waals surface area (Å²) in [6, 6.07) is 20.0. The lowest BCUT2D eigenvalue weighted by Gasteiger charge is -2.49. The molecule has 0 spiro atoms. The number of aromatic nitrogens is 4. The SMILES string of the molecule is Cc1cc2ncc3c(Cl)c(-c4ccccc4)c(-c4ccc([C@]5(N)C[C@](C)(O)C5)cc4)nc3n2n1. The third-order valence-corrected chi connectivity index (χ3v) is 7.07. The average Bonchev–Trinajstić information content (AvgIpc) is 3.19. The zero-order valence-electron chi connectivity index (χ0n) is 19.0. The number of halogens is 1. The van der Waals surface area contributed by atoms with Gasteiger partial charge in [-0.2, -0.15) is 9.61 Å². The van der Waals surface area contributed by atoms with Crippen LogP contribution in [0.3, 0.4) is 0 Å². The first kappa shape index (κ1) is 21.2. The van der Waals surface area contributed by atoms with E-state index in [4.69, 9.17) is 22.3 Å². The fourth-order valence-corrected chi connectivity index (χ4v) is 5.58. The van der Waals surface area contributed by atoms with Crippen molar-refractivity contribution in [3.05, 3.63) is 83.1 Å². The number of rotatable bonds is 3. The minimum atomic E-state index is -0.706. The van der Waals surface area contributed by atoms with Crippen molar-refractivity contribution in [1.29, 1.82) is 0 Å². The number of benzene rings is 2. The van der Waals surface area contributed by atoms with Gasteiger partial charge in [0.1, 0.15) is 0 Å². The first-order valence-electron chi connectivity index (χ1n) is 11.3. The van der Waals surface area contributed by atoms with E-state index in [-0.39, 0.29) is 0 Å². The van der Waals surface area contributed by atoms with Crippen LogP contribution >= 0.6 is 11.6 Å². The number of nitrogens with zero attached hydrogens (tertiary/aromatic N) is 4. The Morgan fingerprint density at radius 2 is 1.74 bits per heavy atom. The number of pyridine rings is 1. The van der Waals surface area contributed by atoms with E-state index in [1.165, 1.54) is 0 Å². The van der Waals surface area contributed by atoms with Crippen molar-refractivity contribution >= 4 is 28.3 Å². The summed E-state index contributed by atoms with van der Waals surface area (Å²) in [5.41, 5.74) is 12.1. The highest BCUT2D eigenvalue weighted by Crippen LogP contribution is 2.47. The Hall–Kier alpha value is -3.32. The van der Waals surface area contributed by atoms with Gasteiger partial charge in [-0.25, -0.2) is 9.97 Å². The molecular formula is C27H24ClN5O. The molecule has 1 aliphatic carbocycles. The molecule has 0 unspecified atom stereocenters. The Balaban J connectivity index is 1.57. The van der Waals surface area contributed by atoms with Crippen LogP contribution in [0.1, 0.15) is 31.0 Å². The van der Waals surface area contributed by atoms with Crippen molar-refractivity contribution in [2.24, 2.45) is 5.73 Å². The number of nitrogens with two attached hydrogens (primary N) is 1. The molecule has 6 rings (SSSR count). The lowest BCUT2D eigenvalue weighted by molar-refractivity contribution is -0.0738. The maximum absolute atomic E-state index is 10.2. The molecule has 3 heterocycles. The first-order valence-corrected chi connectivity index (χ1v) is 11.6. The number of hydrogen-bond donors (Lipinski definition) is 2. The zero-order valence-corrected chi connectivity index (χ0v) is 19.7. The Kier molecular flexibility index (Phi) is 4.58. The van der Waals surface area contributed by atoms with Crippen LogP contribution in [0.15, 0.2) is 66.9 Å². The molecule has 0 amide bonds. The molecule has 3 N–H and O–H groups in total. The fraction of sp³-hybridized carbons (Fsp3) is 0.222. The van der Waals surface area contributed by atoms with Gasteiger partial charge in [-0.3, -0.25) is 0 Å². The lowest BCUT2D eigenvalue weighted by atomic mass is 9.63. The summed E-state index contributed by atoms with van der Waals surface area (Å²) in [6.07, 6.45) is 2.84. The lowest BCUT2D eigenvalue weighted by Crippen LogP contribution is -2.58. The van der Waals surface area contributed by atoms with Gasteiger partial charge in [-0.1, -0.05) is 66.2 Å². The quantitative estimate of drug-likeness (QED) is 0.375. The third kappa shape index (κ3) is 3.29. The zero-order chi connectivity index (χ0) is 23.7. The summed E-state index contributed by atoms with van der Waals surface area (Å²) in [5, 5.41) is 16.1. The van der Waals surface area contributed by atoms with Crippen molar-refractivity contribution in [2.45, 2.75) is 37.8 Å². The topological polar surface area (TPSA) is 89.3 Å². The van der Waals surface area contributed by atoms with Gasteiger partial charge in [0.15, 0.2) is 11.3 Å². The molecule has 5 aromatic rings. The summed E-state index contributed by atoms with van der Waals surface area (Å²) < 4.78 is 1.74. The van der Waals surface area contributed by atoms with Gasteiger partial charge in [0.25, 0.3) is 0 Å². The highest BCUT2D eigenvalue weighted by Gasteiger charge is 2.49. The van der Waals surface area contributed by atoms with Gasteiger partial charge in [0, 0.05) is 28.9 Å². The number of hydrogen-bond acceptors (Lipinski definition) is 5. The Morgan fingerprint density at radius 1 is 1.03 bits per heavy atom. The molecule has 1 fully saturated rings. The normalized spacial score (nSPS) is 22.3. The minimum Gasteiger partial charge on any atom is -0.390 e. The molecule has 0 radical (unpaired) electrons.